The van der Waals surface area contributed by atoms with Gasteiger partial charge in [0.15, 0.2) is 5.96 Å². The van der Waals surface area contributed by atoms with Crippen molar-refractivity contribution in [1.82, 2.24) is 10.6 Å². The monoisotopic (exact) mass is 343 g/mol. The molecule has 0 atom stereocenters. The van der Waals surface area contributed by atoms with E-state index in [0.717, 1.165) is 23.5 Å². The summed E-state index contributed by atoms with van der Waals surface area (Å²) >= 11 is 5.37. The molecule has 0 unspecified atom stereocenters. The van der Waals surface area contributed by atoms with Gasteiger partial charge in [-0.3, -0.25) is 4.99 Å². The molecule has 5 heteroatoms. The van der Waals surface area contributed by atoms with Crippen LogP contribution in [0.25, 0.3) is 0 Å². The Kier molecular flexibility index (Phi) is 8.75. The molecule has 0 aliphatic carbocycles. The summed E-state index contributed by atoms with van der Waals surface area (Å²) < 4.78 is 1.10. The average Bonchev–Trinajstić information content (AvgIpc) is 2.42. The molecular formula is C14H22BrN3S. The molecule has 0 aliphatic heterocycles. The molecule has 0 fully saturated rings. The van der Waals surface area contributed by atoms with Crippen LogP contribution >= 0.6 is 27.7 Å². The van der Waals surface area contributed by atoms with Gasteiger partial charge in [-0.25, -0.2) is 0 Å². The Morgan fingerprint density at radius 3 is 2.84 bits per heavy atom. The van der Waals surface area contributed by atoms with Gasteiger partial charge < -0.3 is 10.6 Å². The number of guanidine groups is 1. The number of nitrogens with one attached hydrogen (secondary N) is 2. The Balaban J connectivity index is 2.25. The number of halogens is 1. The van der Waals surface area contributed by atoms with E-state index in [1.54, 1.807) is 7.05 Å². The lowest BCUT2D eigenvalue weighted by Crippen LogP contribution is -2.37. The molecule has 106 valence electrons. The van der Waals surface area contributed by atoms with Crippen molar-refractivity contribution in [2.24, 2.45) is 4.99 Å². The van der Waals surface area contributed by atoms with Crippen LogP contribution in [0.4, 0.5) is 0 Å². The minimum Gasteiger partial charge on any atom is -0.356 e. The van der Waals surface area contributed by atoms with Crippen molar-refractivity contribution in [2.75, 3.05) is 25.6 Å². The summed E-state index contributed by atoms with van der Waals surface area (Å²) in [6.07, 6.45) is 4.57. The summed E-state index contributed by atoms with van der Waals surface area (Å²) in [4.78, 5) is 4.22. The zero-order valence-electron chi connectivity index (χ0n) is 11.6. The molecule has 0 radical (unpaired) electrons. The van der Waals surface area contributed by atoms with Gasteiger partial charge in [-0.15, -0.1) is 0 Å². The Morgan fingerprint density at radius 2 is 2.16 bits per heavy atom. The smallest absolute Gasteiger partial charge is 0.191 e. The van der Waals surface area contributed by atoms with Crippen molar-refractivity contribution in [1.29, 1.82) is 0 Å². The normalized spacial score (nSPS) is 11.4. The van der Waals surface area contributed by atoms with Gasteiger partial charge in [-0.1, -0.05) is 28.1 Å². The lowest BCUT2D eigenvalue weighted by molar-refractivity contribution is 0.733. The second kappa shape index (κ2) is 10.1. The van der Waals surface area contributed by atoms with Crippen molar-refractivity contribution in [3.63, 3.8) is 0 Å². The average molecular weight is 344 g/mol. The third-order valence-electron chi connectivity index (χ3n) is 2.64. The minimum atomic E-state index is 0.782. The fourth-order valence-electron chi connectivity index (χ4n) is 1.63. The molecule has 19 heavy (non-hydrogen) atoms. The molecule has 0 saturated carbocycles. The van der Waals surface area contributed by atoms with E-state index >= 15 is 0 Å². The first-order valence-corrected chi connectivity index (χ1v) is 8.63. The molecule has 2 N–H and O–H groups in total. The zero-order valence-corrected chi connectivity index (χ0v) is 14.0. The number of benzene rings is 1. The number of nitrogens with zero attached hydrogens (tertiary/aromatic N) is 1. The van der Waals surface area contributed by atoms with Gasteiger partial charge >= 0.3 is 0 Å². The zero-order chi connectivity index (χ0) is 13.9. The van der Waals surface area contributed by atoms with Gasteiger partial charge in [0.25, 0.3) is 0 Å². The molecule has 1 rings (SSSR count). The third-order valence-corrected chi connectivity index (χ3v) is 3.83. The van der Waals surface area contributed by atoms with E-state index in [1.807, 2.05) is 23.9 Å². The molecule has 3 nitrogen and oxygen atoms in total. The van der Waals surface area contributed by atoms with Crippen molar-refractivity contribution in [3.8, 4) is 0 Å². The number of unbranched alkanes of at least 4 members (excludes halogenated alkanes) is 1. The topological polar surface area (TPSA) is 36.4 Å². The number of rotatable bonds is 7. The highest BCUT2D eigenvalue weighted by Gasteiger charge is 1.98. The first-order chi connectivity index (χ1) is 9.26. The highest BCUT2D eigenvalue weighted by atomic mass is 79.9. The number of aliphatic imine (C=N–C) groups is 1. The summed E-state index contributed by atoms with van der Waals surface area (Å²) in [7, 11) is 1.80. The second-order valence-electron chi connectivity index (χ2n) is 4.18. The lowest BCUT2D eigenvalue weighted by atomic mass is 10.2. The van der Waals surface area contributed by atoms with Crippen LogP contribution < -0.4 is 10.6 Å². The van der Waals surface area contributed by atoms with Crippen LogP contribution in [-0.4, -0.2) is 31.6 Å². The van der Waals surface area contributed by atoms with Gasteiger partial charge in [0.2, 0.25) is 0 Å². The predicted molar refractivity (Wildman–Crippen MR) is 90.0 cm³/mol. The number of thioether (sulfide) groups is 1. The van der Waals surface area contributed by atoms with Crippen LogP contribution in [-0.2, 0) is 6.54 Å². The second-order valence-corrected chi connectivity index (χ2v) is 6.08. The Hall–Kier alpha value is -0.680. The van der Waals surface area contributed by atoms with E-state index in [4.69, 9.17) is 0 Å². The predicted octanol–water partition coefficient (Wildman–Crippen LogP) is 3.26. The van der Waals surface area contributed by atoms with Crippen molar-refractivity contribution in [2.45, 2.75) is 19.4 Å². The number of hydrogen-bond donors (Lipinski definition) is 2. The highest BCUT2D eigenvalue weighted by molar-refractivity contribution is 9.10. The summed E-state index contributed by atoms with van der Waals surface area (Å²) in [5, 5.41) is 6.65. The van der Waals surface area contributed by atoms with Crippen LogP contribution in [0.3, 0.4) is 0 Å². The standard InChI is InChI=1S/C14H22BrN3S/c1-16-14(17-8-3-4-9-19-2)18-11-12-6-5-7-13(15)10-12/h5-7,10H,3-4,8-9,11H2,1-2H3,(H2,16,17,18). The molecule has 0 aliphatic rings. The summed E-state index contributed by atoms with van der Waals surface area (Å²) in [5.41, 5.74) is 1.24. The van der Waals surface area contributed by atoms with Crippen LogP contribution in [0.1, 0.15) is 18.4 Å². The molecule has 1 aromatic carbocycles. The first-order valence-electron chi connectivity index (χ1n) is 6.44. The molecule has 0 spiro atoms. The molecule has 0 bridgehead atoms. The Morgan fingerprint density at radius 1 is 1.32 bits per heavy atom. The summed E-state index contributed by atoms with van der Waals surface area (Å²) in [6.45, 7) is 1.75. The van der Waals surface area contributed by atoms with Crippen LogP contribution in [0.15, 0.2) is 33.7 Å². The maximum absolute atomic E-state index is 4.22. The molecule has 0 aromatic heterocycles. The van der Waals surface area contributed by atoms with E-state index in [2.05, 4.69) is 49.9 Å². The van der Waals surface area contributed by atoms with E-state index < -0.39 is 0 Å². The van der Waals surface area contributed by atoms with Crippen molar-refractivity contribution in [3.05, 3.63) is 34.3 Å². The van der Waals surface area contributed by atoms with E-state index in [-0.39, 0.29) is 0 Å². The quantitative estimate of drug-likeness (QED) is 0.453. The largest absolute Gasteiger partial charge is 0.356 e. The Bertz CT molecular complexity index is 396. The van der Waals surface area contributed by atoms with Crippen LogP contribution in [0, 0.1) is 0 Å². The molecule has 0 saturated heterocycles. The van der Waals surface area contributed by atoms with E-state index in [1.165, 1.54) is 24.2 Å². The SMILES string of the molecule is CN=C(NCCCCSC)NCc1cccc(Br)c1. The van der Waals surface area contributed by atoms with E-state index in [9.17, 15) is 0 Å². The number of hydrogen-bond acceptors (Lipinski definition) is 2. The fourth-order valence-corrected chi connectivity index (χ4v) is 2.57. The van der Waals surface area contributed by atoms with Gasteiger partial charge in [0.05, 0.1) is 0 Å². The molecule has 0 amide bonds. The van der Waals surface area contributed by atoms with E-state index in [0.29, 0.717) is 0 Å². The van der Waals surface area contributed by atoms with Crippen LogP contribution in [0.2, 0.25) is 0 Å². The summed E-state index contributed by atoms with van der Waals surface area (Å²) in [6, 6.07) is 8.28. The highest BCUT2D eigenvalue weighted by Crippen LogP contribution is 2.11. The molecule has 1 aromatic rings. The fraction of sp³-hybridized carbons (Fsp3) is 0.500. The van der Waals surface area contributed by atoms with Crippen molar-refractivity contribution < 1.29 is 0 Å². The lowest BCUT2D eigenvalue weighted by Gasteiger charge is -2.12. The van der Waals surface area contributed by atoms with Gasteiger partial charge in [0.1, 0.15) is 0 Å². The maximum atomic E-state index is 4.22. The Labute approximate surface area is 128 Å². The maximum Gasteiger partial charge on any atom is 0.191 e. The van der Waals surface area contributed by atoms with Gasteiger partial charge in [-0.2, -0.15) is 11.8 Å². The van der Waals surface area contributed by atoms with Gasteiger partial charge in [-0.05, 0) is 42.5 Å². The third kappa shape index (κ3) is 7.47. The molecular weight excluding hydrogens is 322 g/mol. The minimum absolute atomic E-state index is 0.782. The van der Waals surface area contributed by atoms with Crippen molar-refractivity contribution >= 4 is 33.7 Å². The van der Waals surface area contributed by atoms with Crippen LogP contribution in [0.5, 0.6) is 0 Å². The molecule has 0 heterocycles. The van der Waals surface area contributed by atoms with Gasteiger partial charge in [0, 0.05) is 24.6 Å². The summed E-state index contributed by atoms with van der Waals surface area (Å²) in [5.74, 6) is 2.09. The first kappa shape index (κ1) is 16.4.